The standard InChI is InChI=1S/C14H16N2O/c1-11-6-7-16-14(8-11)17-10-13-4-2-12(9-15)3-5-13/h2-8H,9-10,15H2,1H3. The Morgan fingerprint density at radius 3 is 2.47 bits per heavy atom. The Balaban J connectivity index is 1.97. The second-order valence-electron chi connectivity index (χ2n) is 3.98. The van der Waals surface area contributed by atoms with Crippen LogP contribution >= 0.6 is 0 Å². The molecular formula is C14H16N2O. The summed E-state index contributed by atoms with van der Waals surface area (Å²) in [6.45, 7) is 3.12. The minimum absolute atomic E-state index is 0.529. The van der Waals surface area contributed by atoms with Crippen molar-refractivity contribution in [1.29, 1.82) is 0 Å². The molecule has 0 saturated carbocycles. The van der Waals surface area contributed by atoms with Crippen LogP contribution in [0.15, 0.2) is 42.6 Å². The molecule has 0 saturated heterocycles. The summed E-state index contributed by atoms with van der Waals surface area (Å²) in [6.07, 6.45) is 1.75. The summed E-state index contributed by atoms with van der Waals surface area (Å²) in [4.78, 5) is 4.15. The monoisotopic (exact) mass is 228 g/mol. The molecule has 0 fully saturated rings. The highest BCUT2D eigenvalue weighted by Gasteiger charge is 1.97. The van der Waals surface area contributed by atoms with Gasteiger partial charge in [0.2, 0.25) is 5.88 Å². The number of nitrogens with zero attached hydrogens (tertiary/aromatic N) is 1. The summed E-state index contributed by atoms with van der Waals surface area (Å²) in [7, 11) is 0. The molecule has 0 radical (unpaired) electrons. The molecular weight excluding hydrogens is 212 g/mol. The Labute approximate surface area is 101 Å². The lowest BCUT2D eigenvalue weighted by Crippen LogP contribution is -1.99. The van der Waals surface area contributed by atoms with E-state index in [4.69, 9.17) is 10.5 Å². The van der Waals surface area contributed by atoms with Gasteiger partial charge in [-0.25, -0.2) is 4.98 Å². The smallest absolute Gasteiger partial charge is 0.213 e. The summed E-state index contributed by atoms with van der Waals surface area (Å²) >= 11 is 0. The number of aryl methyl sites for hydroxylation is 1. The zero-order valence-electron chi connectivity index (χ0n) is 9.89. The van der Waals surface area contributed by atoms with E-state index in [2.05, 4.69) is 4.98 Å². The average molecular weight is 228 g/mol. The Kier molecular flexibility index (Phi) is 3.73. The van der Waals surface area contributed by atoms with E-state index in [-0.39, 0.29) is 0 Å². The predicted octanol–water partition coefficient (Wildman–Crippen LogP) is 2.43. The molecule has 0 unspecified atom stereocenters. The van der Waals surface area contributed by atoms with Crippen LogP contribution in [0.4, 0.5) is 0 Å². The minimum atomic E-state index is 0.529. The molecule has 3 nitrogen and oxygen atoms in total. The second-order valence-corrected chi connectivity index (χ2v) is 3.98. The lowest BCUT2D eigenvalue weighted by Gasteiger charge is -2.06. The van der Waals surface area contributed by atoms with E-state index in [1.165, 1.54) is 0 Å². The molecule has 0 spiro atoms. The normalized spacial score (nSPS) is 10.2. The fourth-order valence-corrected chi connectivity index (χ4v) is 1.52. The fourth-order valence-electron chi connectivity index (χ4n) is 1.52. The van der Waals surface area contributed by atoms with Crippen LogP contribution in [0, 0.1) is 6.92 Å². The van der Waals surface area contributed by atoms with E-state index in [0.29, 0.717) is 19.0 Å². The van der Waals surface area contributed by atoms with E-state index in [1.807, 2.05) is 43.3 Å². The van der Waals surface area contributed by atoms with Gasteiger partial charge in [0.25, 0.3) is 0 Å². The summed E-state index contributed by atoms with van der Waals surface area (Å²) in [5.41, 5.74) is 8.93. The maximum absolute atomic E-state index is 5.60. The van der Waals surface area contributed by atoms with Gasteiger partial charge in [-0.2, -0.15) is 0 Å². The third kappa shape index (κ3) is 3.29. The summed E-state index contributed by atoms with van der Waals surface area (Å²) in [5.74, 6) is 0.660. The molecule has 0 atom stereocenters. The number of benzene rings is 1. The first kappa shape index (κ1) is 11.6. The van der Waals surface area contributed by atoms with E-state index >= 15 is 0 Å². The summed E-state index contributed by atoms with van der Waals surface area (Å²) in [5, 5.41) is 0. The highest BCUT2D eigenvalue weighted by Crippen LogP contribution is 2.11. The number of aromatic nitrogens is 1. The third-order valence-electron chi connectivity index (χ3n) is 2.54. The van der Waals surface area contributed by atoms with Gasteiger partial charge in [0.1, 0.15) is 6.61 Å². The van der Waals surface area contributed by atoms with Crippen LogP contribution in [-0.4, -0.2) is 4.98 Å². The molecule has 88 valence electrons. The average Bonchev–Trinajstić information content (AvgIpc) is 2.37. The van der Waals surface area contributed by atoms with Crippen molar-refractivity contribution >= 4 is 0 Å². The van der Waals surface area contributed by atoms with E-state index in [1.54, 1.807) is 6.20 Å². The number of hydrogen-bond acceptors (Lipinski definition) is 3. The lowest BCUT2D eigenvalue weighted by atomic mass is 10.1. The molecule has 2 rings (SSSR count). The molecule has 0 amide bonds. The summed E-state index contributed by atoms with van der Waals surface area (Å²) < 4.78 is 5.60. The second kappa shape index (κ2) is 5.46. The minimum Gasteiger partial charge on any atom is -0.473 e. The first-order valence-electron chi connectivity index (χ1n) is 5.61. The van der Waals surface area contributed by atoms with E-state index in [0.717, 1.165) is 16.7 Å². The fraction of sp³-hybridized carbons (Fsp3) is 0.214. The lowest BCUT2D eigenvalue weighted by molar-refractivity contribution is 0.293. The van der Waals surface area contributed by atoms with Crippen LogP contribution < -0.4 is 10.5 Å². The van der Waals surface area contributed by atoms with Crippen LogP contribution in [0.1, 0.15) is 16.7 Å². The first-order valence-corrected chi connectivity index (χ1v) is 5.61. The predicted molar refractivity (Wildman–Crippen MR) is 67.6 cm³/mol. The van der Waals surface area contributed by atoms with Crippen LogP contribution in [-0.2, 0) is 13.2 Å². The largest absolute Gasteiger partial charge is 0.473 e. The van der Waals surface area contributed by atoms with Crippen molar-refractivity contribution in [3.05, 3.63) is 59.3 Å². The number of hydrogen-bond donors (Lipinski definition) is 1. The van der Waals surface area contributed by atoms with Crippen LogP contribution in [0.25, 0.3) is 0 Å². The maximum atomic E-state index is 5.60. The molecule has 1 aromatic carbocycles. The molecule has 1 heterocycles. The highest BCUT2D eigenvalue weighted by molar-refractivity contribution is 5.23. The Hall–Kier alpha value is -1.87. The van der Waals surface area contributed by atoms with Gasteiger partial charge in [-0.05, 0) is 29.7 Å². The molecule has 0 aliphatic rings. The van der Waals surface area contributed by atoms with Gasteiger partial charge in [-0.3, -0.25) is 0 Å². The zero-order chi connectivity index (χ0) is 12.1. The molecule has 1 aromatic heterocycles. The number of pyridine rings is 1. The number of rotatable bonds is 4. The molecule has 0 aliphatic heterocycles. The highest BCUT2D eigenvalue weighted by atomic mass is 16.5. The van der Waals surface area contributed by atoms with Crippen molar-refractivity contribution in [2.24, 2.45) is 5.73 Å². The third-order valence-corrected chi connectivity index (χ3v) is 2.54. The van der Waals surface area contributed by atoms with Crippen LogP contribution in [0.2, 0.25) is 0 Å². The van der Waals surface area contributed by atoms with Crippen molar-refractivity contribution in [2.75, 3.05) is 0 Å². The van der Waals surface area contributed by atoms with Crippen molar-refractivity contribution in [1.82, 2.24) is 4.98 Å². The molecule has 17 heavy (non-hydrogen) atoms. The first-order chi connectivity index (χ1) is 8.28. The molecule has 0 bridgehead atoms. The van der Waals surface area contributed by atoms with Gasteiger partial charge in [0.05, 0.1) is 0 Å². The quantitative estimate of drug-likeness (QED) is 0.874. The van der Waals surface area contributed by atoms with Gasteiger partial charge in [-0.15, -0.1) is 0 Å². The van der Waals surface area contributed by atoms with Crippen molar-refractivity contribution in [3.63, 3.8) is 0 Å². The van der Waals surface area contributed by atoms with Crippen LogP contribution in [0.3, 0.4) is 0 Å². The molecule has 2 aromatic rings. The van der Waals surface area contributed by atoms with Crippen molar-refractivity contribution in [2.45, 2.75) is 20.1 Å². The van der Waals surface area contributed by atoms with Gasteiger partial charge in [-0.1, -0.05) is 24.3 Å². The van der Waals surface area contributed by atoms with Gasteiger partial charge < -0.3 is 10.5 Å². The Morgan fingerprint density at radius 2 is 1.82 bits per heavy atom. The number of ether oxygens (including phenoxy) is 1. The van der Waals surface area contributed by atoms with Crippen LogP contribution in [0.5, 0.6) is 5.88 Å². The van der Waals surface area contributed by atoms with E-state index in [9.17, 15) is 0 Å². The maximum Gasteiger partial charge on any atom is 0.213 e. The van der Waals surface area contributed by atoms with Crippen molar-refractivity contribution in [3.8, 4) is 5.88 Å². The van der Waals surface area contributed by atoms with Gasteiger partial charge in [0.15, 0.2) is 0 Å². The van der Waals surface area contributed by atoms with Crippen molar-refractivity contribution < 1.29 is 4.74 Å². The zero-order valence-corrected chi connectivity index (χ0v) is 9.89. The topological polar surface area (TPSA) is 48.1 Å². The van der Waals surface area contributed by atoms with Gasteiger partial charge >= 0.3 is 0 Å². The Bertz CT molecular complexity index is 480. The summed E-state index contributed by atoms with van der Waals surface area (Å²) in [6, 6.07) is 12.0. The number of nitrogens with two attached hydrogens (primary N) is 1. The SMILES string of the molecule is Cc1ccnc(OCc2ccc(CN)cc2)c1. The van der Waals surface area contributed by atoms with E-state index < -0.39 is 0 Å². The molecule has 2 N–H and O–H groups in total. The Morgan fingerprint density at radius 1 is 1.12 bits per heavy atom. The molecule has 0 aliphatic carbocycles. The molecule has 3 heteroatoms. The van der Waals surface area contributed by atoms with Gasteiger partial charge in [0, 0.05) is 18.8 Å².